The molecule has 1 fully saturated rings. The number of rotatable bonds is 3. The van der Waals surface area contributed by atoms with Crippen molar-refractivity contribution in [2.24, 2.45) is 0 Å². The van der Waals surface area contributed by atoms with Gasteiger partial charge in [0.25, 0.3) is 0 Å². The molecule has 0 bridgehead atoms. The minimum atomic E-state index is -0.728. The first-order valence-corrected chi connectivity index (χ1v) is 4.81. The van der Waals surface area contributed by atoms with E-state index in [1.807, 2.05) is 12.1 Å². The first-order chi connectivity index (χ1) is 7.29. The summed E-state index contributed by atoms with van der Waals surface area (Å²) in [6, 6.07) is 3.67. The van der Waals surface area contributed by atoms with Gasteiger partial charge in [0.1, 0.15) is 6.23 Å². The summed E-state index contributed by atoms with van der Waals surface area (Å²) in [7, 11) is 0. The maximum Gasteiger partial charge on any atom is 0.135 e. The Balaban J connectivity index is 2.10. The summed E-state index contributed by atoms with van der Waals surface area (Å²) in [5.41, 5.74) is 0.210. The molecule has 1 aromatic rings. The highest BCUT2D eigenvalue weighted by atomic mass is 16.5. The van der Waals surface area contributed by atoms with Gasteiger partial charge < -0.3 is 14.9 Å². The summed E-state index contributed by atoms with van der Waals surface area (Å²) < 4.78 is 5.48. The molecule has 0 saturated carbocycles. The van der Waals surface area contributed by atoms with Crippen molar-refractivity contribution in [3.05, 3.63) is 30.1 Å². The van der Waals surface area contributed by atoms with Crippen LogP contribution in [0.25, 0.3) is 0 Å². The van der Waals surface area contributed by atoms with E-state index in [0.29, 0.717) is 6.61 Å². The predicted molar refractivity (Wildman–Crippen MR) is 53.0 cm³/mol. The number of aromatic nitrogens is 1. The summed E-state index contributed by atoms with van der Waals surface area (Å²) in [5.74, 6) is 0. The molecular formula is C10H14N2O3. The van der Waals surface area contributed by atoms with Crippen molar-refractivity contribution in [1.82, 2.24) is 10.3 Å². The number of hydrogen-bond acceptors (Lipinski definition) is 5. The zero-order valence-corrected chi connectivity index (χ0v) is 8.26. The number of nitrogens with one attached hydrogen (secondary N) is 1. The molecule has 0 radical (unpaired) electrons. The van der Waals surface area contributed by atoms with Crippen LogP contribution in [0.4, 0.5) is 0 Å². The Bertz CT molecular complexity index is 314. The fourth-order valence-electron chi connectivity index (χ4n) is 1.55. The molecule has 15 heavy (non-hydrogen) atoms. The maximum atomic E-state index is 9.17. The fraction of sp³-hybridized carbons (Fsp3) is 0.500. The molecule has 1 aliphatic rings. The topological polar surface area (TPSA) is 74.6 Å². The van der Waals surface area contributed by atoms with E-state index < -0.39 is 5.54 Å². The van der Waals surface area contributed by atoms with Crippen LogP contribution in [0.3, 0.4) is 0 Å². The van der Waals surface area contributed by atoms with Gasteiger partial charge in [0.15, 0.2) is 0 Å². The molecule has 5 heteroatoms. The third kappa shape index (κ3) is 2.00. The van der Waals surface area contributed by atoms with E-state index in [-0.39, 0.29) is 19.4 Å². The Morgan fingerprint density at radius 3 is 2.60 bits per heavy atom. The molecule has 2 rings (SSSR count). The molecule has 0 unspecified atom stereocenters. The van der Waals surface area contributed by atoms with E-state index in [4.69, 9.17) is 14.9 Å². The highest BCUT2D eigenvalue weighted by molar-refractivity contribution is 5.15. The van der Waals surface area contributed by atoms with E-state index in [9.17, 15) is 0 Å². The lowest BCUT2D eigenvalue weighted by Gasteiger charge is -2.23. The first-order valence-electron chi connectivity index (χ1n) is 4.81. The van der Waals surface area contributed by atoms with E-state index in [2.05, 4.69) is 10.3 Å². The largest absolute Gasteiger partial charge is 0.394 e. The average molecular weight is 210 g/mol. The molecule has 5 nitrogen and oxygen atoms in total. The van der Waals surface area contributed by atoms with Crippen molar-refractivity contribution in [3.8, 4) is 0 Å². The highest BCUT2D eigenvalue weighted by Crippen LogP contribution is 2.25. The summed E-state index contributed by atoms with van der Waals surface area (Å²) in [6.45, 7) is 0.00313. The van der Waals surface area contributed by atoms with Gasteiger partial charge in [0, 0.05) is 12.4 Å². The first kappa shape index (κ1) is 10.5. The minimum Gasteiger partial charge on any atom is -0.394 e. The van der Waals surface area contributed by atoms with Gasteiger partial charge in [0.2, 0.25) is 0 Å². The molecule has 0 amide bonds. The Morgan fingerprint density at radius 2 is 2.07 bits per heavy atom. The lowest BCUT2D eigenvalue weighted by Crippen LogP contribution is -2.49. The number of hydrogen-bond donors (Lipinski definition) is 3. The minimum absolute atomic E-state index is 0.148. The van der Waals surface area contributed by atoms with Crippen LogP contribution in [0, 0.1) is 0 Å². The Morgan fingerprint density at radius 1 is 1.40 bits per heavy atom. The van der Waals surface area contributed by atoms with Gasteiger partial charge in [-0.2, -0.15) is 0 Å². The zero-order chi connectivity index (χ0) is 10.7. The van der Waals surface area contributed by atoms with Gasteiger partial charge >= 0.3 is 0 Å². The van der Waals surface area contributed by atoms with Crippen molar-refractivity contribution in [3.63, 3.8) is 0 Å². The van der Waals surface area contributed by atoms with E-state index in [1.165, 1.54) is 0 Å². The molecule has 82 valence electrons. The summed E-state index contributed by atoms with van der Waals surface area (Å²) in [4.78, 5) is 3.91. The second-order valence-corrected chi connectivity index (χ2v) is 3.71. The third-order valence-corrected chi connectivity index (χ3v) is 2.58. The number of ether oxygens (including phenoxy) is 1. The van der Waals surface area contributed by atoms with Crippen molar-refractivity contribution in [2.45, 2.75) is 11.8 Å². The fourth-order valence-corrected chi connectivity index (χ4v) is 1.55. The summed E-state index contributed by atoms with van der Waals surface area (Å²) in [5, 5.41) is 21.4. The summed E-state index contributed by atoms with van der Waals surface area (Å²) >= 11 is 0. The molecule has 1 saturated heterocycles. The standard InChI is InChI=1S/C10H14N2O3/c13-5-10(6-14)7-15-9(12-10)8-1-3-11-4-2-8/h1-4,9,12-14H,5-7H2/t9-/m0/s1. The molecule has 3 N–H and O–H groups in total. The van der Waals surface area contributed by atoms with Crippen LogP contribution in [0.15, 0.2) is 24.5 Å². The van der Waals surface area contributed by atoms with Crippen LogP contribution in [0.5, 0.6) is 0 Å². The van der Waals surface area contributed by atoms with Crippen molar-refractivity contribution in [2.75, 3.05) is 19.8 Å². The number of aliphatic hydroxyl groups excluding tert-OH is 2. The van der Waals surface area contributed by atoms with Crippen LogP contribution in [0.2, 0.25) is 0 Å². The van der Waals surface area contributed by atoms with Gasteiger partial charge in [-0.3, -0.25) is 10.3 Å². The molecule has 1 aromatic heterocycles. The number of nitrogens with zero attached hydrogens (tertiary/aromatic N) is 1. The predicted octanol–water partition coefficient (Wildman–Crippen LogP) is -0.577. The highest BCUT2D eigenvalue weighted by Gasteiger charge is 2.39. The quantitative estimate of drug-likeness (QED) is 0.622. The van der Waals surface area contributed by atoms with Crippen LogP contribution < -0.4 is 5.32 Å². The molecule has 2 heterocycles. The van der Waals surface area contributed by atoms with Gasteiger partial charge in [-0.05, 0) is 17.7 Å². The Labute approximate surface area is 87.7 Å². The second-order valence-electron chi connectivity index (χ2n) is 3.71. The van der Waals surface area contributed by atoms with E-state index >= 15 is 0 Å². The molecule has 0 spiro atoms. The van der Waals surface area contributed by atoms with Crippen LogP contribution >= 0.6 is 0 Å². The Kier molecular flexibility index (Phi) is 2.97. The lowest BCUT2D eigenvalue weighted by molar-refractivity contribution is 0.0760. The van der Waals surface area contributed by atoms with Gasteiger partial charge in [0.05, 0.1) is 25.4 Å². The number of aliphatic hydroxyl groups is 2. The smallest absolute Gasteiger partial charge is 0.135 e. The SMILES string of the molecule is OCC1(CO)CO[C@@H](c2ccncc2)N1. The van der Waals surface area contributed by atoms with Crippen molar-refractivity contribution >= 4 is 0 Å². The lowest BCUT2D eigenvalue weighted by atomic mass is 10.0. The Hall–Kier alpha value is -1.01. The maximum absolute atomic E-state index is 9.17. The number of pyridine rings is 1. The van der Waals surface area contributed by atoms with E-state index in [1.54, 1.807) is 12.4 Å². The third-order valence-electron chi connectivity index (χ3n) is 2.58. The van der Waals surface area contributed by atoms with Crippen molar-refractivity contribution in [1.29, 1.82) is 0 Å². The molecule has 1 atom stereocenters. The van der Waals surface area contributed by atoms with E-state index in [0.717, 1.165) is 5.56 Å². The van der Waals surface area contributed by atoms with Crippen LogP contribution in [-0.2, 0) is 4.74 Å². The summed E-state index contributed by atoms with van der Waals surface area (Å²) in [6.07, 6.45) is 3.07. The molecule has 0 aliphatic carbocycles. The van der Waals surface area contributed by atoms with Crippen molar-refractivity contribution < 1.29 is 14.9 Å². The van der Waals surface area contributed by atoms with Crippen LogP contribution in [0.1, 0.15) is 11.8 Å². The van der Waals surface area contributed by atoms with Gasteiger partial charge in [-0.15, -0.1) is 0 Å². The normalized spacial score (nSPS) is 24.3. The monoisotopic (exact) mass is 210 g/mol. The molecule has 1 aliphatic heterocycles. The second kappa shape index (κ2) is 4.24. The molecule has 0 aromatic carbocycles. The van der Waals surface area contributed by atoms with Crippen LogP contribution in [-0.4, -0.2) is 40.6 Å². The van der Waals surface area contributed by atoms with Gasteiger partial charge in [-0.25, -0.2) is 0 Å². The average Bonchev–Trinajstić information content (AvgIpc) is 2.75. The van der Waals surface area contributed by atoms with Gasteiger partial charge in [-0.1, -0.05) is 0 Å². The molecular weight excluding hydrogens is 196 g/mol. The zero-order valence-electron chi connectivity index (χ0n) is 8.26.